The third kappa shape index (κ3) is 1.77. The van der Waals surface area contributed by atoms with Gasteiger partial charge in [-0.15, -0.1) is 22.7 Å². The Morgan fingerprint density at radius 3 is 2.44 bits per heavy atom. The lowest BCUT2D eigenvalue weighted by Gasteiger charge is -1.99. The van der Waals surface area contributed by atoms with E-state index < -0.39 is 0 Å². The van der Waals surface area contributed by atoms with E-state index in [4.69, 9.17) is 0 Å². The van der Waals surface area contributed by atoms with Crippen LogP contribution in [0.15, 0.2) is 47.4 Å². The fourth-order valence-corrected chi connectivity index (χ4v) is 2.76. The van der Waals surface area contributed by atoms with Crippen LogP contribution >= 0.6 is 22.7 Å². The Kier molecular flexibility index (Phi) is 2.52. The Hall–Kier alpha value is -1.52. The molecule has 3 heterocycles. The van der Waals surface area contributed by atoms with Gasteiger partial charge in [0.1, 0.15) is 0 Å². The average Bonchev–Trinajstić information content (AvgIpc) is 3.03. The molecule has 0 fully saturated rings. The van der Waals surface area contributed by atoms with E-state index in [-0.39, 0.29) is 0 Å². The van der Waals surface area contributed by atoms with E-state index in [2.05, 4.69) is 21.4 Å². The number of thiazole rings is 1. The minimum atomic E-state index is 0.994. The molecule has 0 aliphatic rings. The summed E-state index contributed by atoms with van der Waals surface area (Å²) < 4.78 is 0. The van der Waals surface area contributed by atoms with Gasteiger partial charge in [0.05, 0.1) is 26.7 Å². The molecule has 3 aromatic rings. The molecule has 0 unspecified atom stereocenters. The van der Waals surface area contributed by atoms with Crippen molar-refractivity contribution in [2.45, 2.75) is 0 Å². The maximum absolute atomic E-state index is 4.64. The predicted molar refractivity (Wildman–Crippen MR) is 68.7 cm³/mol. The third-order valence-corrected chi connectivity index (χ3v) is 3.90. The van der Waals surface area contributed by atoms with Crippen molar-refractivity contribution in [2.75, 3.05) is 0 Å². The Bertz CT molecular complexity index is 521. The van der Waals surface area contributed by atoms with Crippen molar-refractivity contribution in [2.24, 2.45) is 0 Å². The standard InChI is InChI=1S/C12H8N2S2/c1-3-9(11-5-2-6-15-11)14-10(4-1)12-7-13-8-16-12/h1-8H. The third-order valence-electron chi connectivity index (χ3n) is 2.21. The Labute approximate surface area is 101 Å². The van der Waals surface area contributed by atoms with Crippen molar-refractivity contribution < 1.29 is 0 Å². The highest BCUT2D eigenvalue weighted by atomic mass is 32.1. The molecule has 0 radical (unpaired) electrons. The van der Waals surface area contributed by atoms with Gasteiger partial charge in [0.2, 0.25) is 0 Å². The van der Waals surface area contributed by atoms with Crippen LogP contribution in [0.4, 0.5) is 0 Å². The molecule has 0 spiro atoms. The second kappa shape index (κ2) is 4.15. The molecule has 3 rings (SSSR count). The zero-order chi connectivity index (χ0) is 10.8. The molecule has 4 heteroatoms. The Balaban J connectivity index is 2.07. The molecule has 0 amide bonds. The van der Waals surface area contributed by atoms with E-state index in [9.17, 15) is 0 Å². The van der Waals surface area contributed by atoms with E-state index >= 15 is 0 Å². The van der Waals surface area contributed by atoms with Crippen LogP contribution < -0.4 is 0 Å². The van der Waals surface area contributed by atoms with Crippen molar-refractivity contribution in [3.63, 3.8) is 0 Å². The molecule has 0 bridgehead atoms. The highest BCUT2D eigenvalue weighted by Crippen LogP contribution is 2.27. The first-order valence-electron chi connectivity index (χ1n) is 4.83. The zero-order valence-electron chi connectivity index (χ0n) is 8.33. The van der Waals surface area contributed by atoms with Gasteiger partial charge in [0, 0.05) is 6.20 Å². The lowest BCUT2D eigenvalue weighted by Crippen LogP contribution is -1.83. The largest absolute Gasteiger partial charge is 0.252 e. The van der Waals surface area contributed by atoms with E-state index in [0.29, 0.717) is 0 Å². The highest BCUT2D eigenvalue weighted by Gasteiger charge is 2.04. The minimum Gasteiger partial charge on any atom is -0.252 e. The minimum absolute atomic E-state index is 0.994. The van der Waals surface area contributed by atoms with Crippen LogP contribution in [-0.2, 0) is 0 Å². The summed E-state index contributed by atoms with van der Waals surface area (Å²) in [6.45, 7) is 0. The summed E-state index contributed by atoms with van der Waals surface area (Å²) in [7, 11) is 0. The number of hydrogen-bond acceptors (Lipinski definition) is 4. The number of aromatic nitrogens is 2. The zero-order valence-corrected chi connectivity index (χ0v) is 9.96. The molecule has 78 valence electrons. The van der Waals surface area contributed by atoms with Crippen molar-refractivity contribution in [3.05, 3.63) is 47.4 Å². The quantitative estimate of drug-likeness (QED) is 0.682. The van der Waals surface area contributed by atoms with Gasteiger partial charge in [-0.05, 0) is 23.6 Å². The molecule has 0 N–H and O–H groups in total. The fourth-order valence-electron chi connectivity index (χ4n) is 1.48. The number of rotatable bonds is 2. The van der Waals surface area contributed by atoms with Crippen molar-refractivity contribution >= 4 is 22.7 Å². The summed E-state index contributed by atoms with van der Waals surface area (Å²) in [5.41, 5.74) is 3.85. The maximum atomic E-state index is 4.64. The second-order valence-electron chi connectivity index (χ2n) is 3.25. The van der Waals surface area contributed by atoms with Crippen LogP contribution in [0.2, 0.25) is 0 Å². The topological polar surface area (TPSA) is 25.8 Å². The van der Waals surface area contributed by atoms with E-state index in [0.717, 1.165) is 16.3 Å². The van der Waals surface area contributed by atoms with Gasteiger partial charge in [-0.25, -0.2) is 4.98 Å². The summed E-state index contributed by atoms with van der Waals surface area (Å²) in [6, 6.07) is 10.2. The molecule has 0 saturated carbocycles. The second-order valence-corrected chi connectivity index (χ2v) is 5.09. The van der Waals surface area contributed by atoms with E-state index in [1.807, 2.05) is 36.0 Å². The molecule has 16 heavy (non-hydrogen) atoms. The van der Waals surface area contributed by atoms with E-state index in [1.165, 1.54) is 4.88 Å². The molecule has 2 nitrogen and oxygen atoms in total. The summed E-state index contributed by atoms with van der Waals surface area (Å²) in [5.74, 6) is 0. The molecule has 3 aromatic heterocycles. The Morgan fingerprint density at radius 1 is 0.875 bits per heavy atom. The molecule has 0 atom stereocenters. The van der Waals surface area contributed by atoms with Crippen molar-refractivity contribution in [1.82, 2.24) is 9.97 Å². The molecular formula is C12H8N2S2. The normalized spacial score (nSPS) is 10.5. The first-order chi connectivity index (χ1) is 7.93. The van der Waals surface area contributed by atoms with Gasteiger partial charge in [0.25, 0.3) is 0 Å². The monoisotopic (exact) mass is 244 g/mol. The van der Waals surface area contributed by atoms with Gasteiger partial charge >= 0.3 is 0 Å². The van der Waals surface area contributed by atoms with Crippen LogP contribution in [0.1, 0.15) is 0 Å². The molecule has 0 saturated heterocycles. The first-order valence-corrected chi connectivity index (χ1v) is 6.59. The van der Waals surface area contributed by atoms with Crippen LogP contribution in [0.25, 0.3) is 21.1 Å². The molecular weight excluding hydrogens is 236 g/mol. The molecule has 0 aliphatic heterocycles. The fraction of sp³-hybridized carbons (Fsp3) is 0. The lowest BCUT2D eigenvalue weighted by atomic mass is 10.2. The lowest BCUT2D eigenvalue weighted by molar-refractivity contribution is 1.34. The van der Waals surface area contributed by atoms with Gasteiger partial charge in [-0.1, -0.05) is 12.1 Å². The number of thiophene rings is 1. The van der Waals surface area contributed by atoms with Crippen LogP contribution in [0.5, 0.6) is 0 Å². The smallest absolute Gasteiger partial charge is 0.0825 e. The van der Waals surface area contributed by atoms with Gasteiger partial charge in [-0.3, -0.25) is 4.98 Å². The van der Waals surface area contributed by atoms with Gasteiger partial charge in [-0.2, -0.15) is 0 Å². The molecule has 0 aliphatic carbocycles. The van der Waals surface area contributed by atoms with Crippen LogP contribution in [0, 0.1) is 0 Å². The van der Waals surface area contributed by atoms with Crippen molar-refractivity contribution in [3.8, 4) is 21.1 Å². The Morgan fingerprint density at radius 2 is 1.75 bits per heavy atom. The summed E-state index contributed by atoms with van der Waals surface area (Å²) in [4.78, 5) is 11.0. The van der Waals surface area contributed by atoms with Crippen molar-refractivity contribution in [1.29, 1.82) is 0 Å². The highest BCUT2D eigenvalue weighted by molar-refractivity contribution is 7.13. The molecule has 0 aromatic carbocycles. The summed E-state index contributed by atoms with van der Waals surface area (Å²) in [6.07, 6.45) is 1.85. The summed E-state index contributed by atoms with van der Waals surface area (Å²) in [5, 5.41) is 2.07. The summed E-state index contributed by atoms with van der Waals surface area (Å²) >= 11 is 3.32. The van der Waals surface area contributed by atoms with Crippen LogP contribution in [0.3, 0.4) is 0 Å². The number of nitrogens with zero attached hydrogens (tertiary/aromatic N) is 2. The number of pyridine rings is 1. The number of hydrogen-bond donors (Lipinski definition) is 0. The SMILES string of the molecule is c1cc(-c2cccs2)nc(-c2cncs2)c1. The van der Waals surface area contributed by atoms with Gasteiger partial charge in [0.15, 0.2) is 0 Å². The van der Waals surface area contributed by atoms with Gasteiger partial charge < -0.3 is 0 Å². The average molecular weight is 244 g/mol. The first kappa shape index (κ1) is 9.69. The van der Waals surface area contributed by atoms with Crippen LogP contribution in [-0.4, -0.2) is 9.97 Å². The predicted octanol–water partition coefficient (Wildman–Crippen LogP) is 3.93. The van der Waals surface area contributed by atoms with E-state index in [1.54, 1.807) is 22.7 Å². The maximum Gasteiger partial charge on any atom is 0.0825 e.